The highest BCUT2D eigenvalue weighted by molar-refractivity contribution is 7.11. The van der Waals surface area contributed by atoms with Crippen LogP contribution in [0, 0.1) is 6.92 Å². The summed E-state index contributed by atoms with van der Waals surface area (Å²) >= 11 is 1.92. The summed E-state index contributed by atoms with van der Waals surface area (Å²) in [6, 6.07) is 0. The molecule has 1 aliphatic rings. The van der Waals surface area contributed by atoms with Crippen molar-refractivity contribution in [1.29, 1.82) is 0 Å². The zero-order chi connectivity index (χ0) is 10.8. The van der Waals surface area contributed by atoms with Crippen LogP contribution in [0.1, 0.15) is 54.1 Å². The second-order valence-corrected chi connectivity index (χ2v) is 5.76. The van der Waals surface area contributed by atoms with Crippen molar-refractivity contribution in [2.75, 3.05) is 13.1 Å². The molecule has 1 aliphatic heterocycles. The van der Waals surface area contributed by atoms with Crippen LogP contribution in [0.25, 0.3) is 0 Å². The van der Waals surface area contributed by atoms with Crippen LogP contribution in [0.5, 0.6) is 0 Å². The molecule has 0 saturated carbocycles. The molecule has 2 nitrogen and oxygen atoms in total. The number of rotatable bonds is 2. The minimum atomic E-state index is 0.618. The number of hydrogen-bond acceptors (Lipinski definition) is 3. The lowest BCUT2D eigenvalue weighted by Crippen LogP contribution is -2.28. The molecule has 2 heterocycles. The maximum Gasteiger partial charge on any atom is 0.0974 e. The third kappa shape index (κ3) is 2.40. The van der Waals surface area contributed by atoms with Gasteiger partial charge in [0, 0.05) is 17.3 Å². The van der Waals surface area contributed by atoms with Gasteiger partial charge in [0.15, 0.2) is 0 Å². The maximum atomic E-state index is 4.73. The molecule has 1 saturated heterocycles. The largest absolute Gasteiger partial charge is 0.316 e. The monoisotopic (exact) mass is 224 g/mol. The molecule has 84 valence electrons. The third-order valence-corrected chi connectivity index (χ3v) is 4.64. The lowest BCUT2D eigenvalue weighted by molar-refractivity contribution is 0.460. The molecule has 1 atom stereocenters. The fourth-order valence-electron chi connectivity index (χ4n) is 2.20. The highest BCUT2D eigenvalue weighted by atomic mass is 32.1. The predicted molar refractivity (Wildman–Crippen MR) is 65.8 cm³/mol. The van der Waals surface area contributed by atoms with Crippen LogP contribution in [-0.2, 0) is 0 Å². The van der Waals surface area contributed by atoms with Crippen molar-refractivity contribution in [2.45, 2.75) is 45.4 Å². The van der Waals surface area contributed by atoms with E-state index in [0.717, 1.165) is 6.54 Å². The van der Waals surface area contributed by atoms with Crippen molar-refractivity contribution in [3.63, 3.8) is 0 Å². The molecule has 2 rings (SSSR count). The molecule has 0 aromatic carbocycles. The van der Waals surface area contributed by atoms with Crippen LogP contribution in [0.3, 0.4) is 0 Å². The number of nitrogens with zero attached hydrogens (tertiary/aromatic N) is 1. The molecule has 0 radical (unpaired) electrons. The van der Waals surface area contributed by atoms with Gasteiger partial charge in [-0.1, -0.05) is 13.8 Å². The summed E-state index contributed by atoms with van der Waals surface area (Å²) in [6.45, 7) is 8.95. The van der Waals surface area contributed by atoms with Gasteiger partial charge in [0.2, 0.25) is 0 Å². The Labute approximate surface area is 96.1 Å². The lowest BCUT2D eigenvalue weighted by atomic mass is 10.0. The Kier molecular flexibility index (Phi) is 3.42. The van der Waals surface area contributed by atoms with Crippen LogP contribution >= 0.6 is 11.3 Å². The first kappa shape index (κ1) is 11.1. The standard InChI is InChI=1S/C12H20N2S/c1-8(2)11-9(3)14-12(15-11)10-5-4-6-13-7-10/h8,10,13H,4-7H2,1-3H3. The smallest absolute Gasteiger partial charge is 0.0974 e. The van der Waals surface area contributed by atoms with E-state index < -0.39 is 0 Å². The molecule has 0 spiro atoms. The average Bonchev–Trinajstić information content (AvgIpc) is 2.62. The fraction of sp³-hybridized carbons (Fsp3) is 0.750. The molecular weight excluding hydrogens is 204 g/mol. The Balaban J connectivity index is 2.17. The number of aryl methyl sites for hydroxylation is 1. The zero-order valence-electron chi connectivity index (χ0n) is 9.84. The second-order valence-electron chi connectivity index (χ2n) is 4.70. The highest BCUT2D eigenvalue weighted by Crippen LogP contribution is 2.32. The van der Waals surface area contributed by atoms with Crippen LogP contribution in [0.4, 0.5) is 0 Å². The Morgan fingerprint density at radius 2 is 2.27 bits per heavy atom. The van der Waals surface area contributed by atoms with Crippen molar-refractivity contribution >= 4 is 11.3 Å². The first-order chi connectivity index (χ1) is 7.18. The molecule has 1 N–H and O–H groups in total. The van der Waals surface area contributed by atoms with Gasteiger partial charge in [0.1, 0.15) is 0 Å². The van der Waals surface area contributed by atoms with E-state index >= 15 is 0 Å². The van der Waals surface area contributed by atoms with Gasteiger partial charge in [-0.25, -0.2) is 4.98 Å². The van der Waals surface area contributed by atoms with Gasteiger partial charge < -0.3 is 5.32 Å². The predicted octanol–water partition coefficient (Wildman–Crippen LogP) is 3.04. The van der Waals surface area contributed by atoms with E-state index in [1.165, 1.54) is 35.0 Å². The van der Waals surface area contributed by atoms with E-state index in [9.17, 15) is 0 Å². The number of hydrogen-bond donors (Lipinski definition) is 1. The topological polar surface area (TPSA) is 24.9 Å². The molecule has 0 amide bonds. The summed E-state index contributed by atoms with van der Waals surface area (Å²) in [6.07, 6.45) is 2.60. The first-order valence-electron chi connectivity index (χ1n) is 5.86. The van der Waals surface area contributed by atoms with Gasteiger partial charge in [-0.3, -0.25) is 0 Å². The second kappa shape index (κ2) is 4.62. The fourth-order valence-corrected chi connectivity index (χ4v) is 3.41. The summed E-state index contributed by atoms with van der Waals surface area (Å²) in [5.74, 6) is 1.28. The van der Waals surface area contributed by atoms with E-state index in [1.807, 2.05) is 11.3 Å². The van der Waals surface area contributed by atoms with E-state index in [1.54, 1.807) is 0 Å². The van der Waals surface area contributed by atoms with Gasteiger partial charge in [0.25, 0.3) is 0 Å². The lowest BCUT2D eigenvalue weighted by Gasteiger charge is -2.20. The van der Waals surface area contributed by atoms with Gasteiger partial charge in [-0.2, -0.15) is 0 Å². The Hall–Kier alpha value is -0.410. The molecule has 1 unspecified atom stereocenters. The quantitative estimate of drug-likeness (QED) is 0.835. The molecule has 1 aromatic rings. The van der Waals surface area contributed by atoms with Gasteiger partial charge in [-0.15, -0.1) is 11.3 Å². The summed E-state index contributed by atoms with van der Waals surface area (Å²) in [5.41, 5.74) is 1.25. The molecule has 3 heteroatoms. The average molecular weight is 224 g/mol. The number of aromatic nitrogens is 1. The SMILES string of the molecule is Cc1nc(C2CCCNC2)sc1C(C)C. The van der Waals surface area contributed by atoms with Crippen molar-refractivity contribution in [3.05, 3.63) is 15.6 Å². The van der Waals surface area contributed by atoms with Gasteiger partial charge in [-0.05, 0) is 32.2 Å². The zero-order valence-corrected chi connectivity index (χ0v) is 10.7. The number of piperidine rings is 1. The van der Waals surface area contributed by atoms with E-state index in [2.05, 4.69) is 26.1 Å². The Morgan fingerprint density at radius 3 is 2.80 bits per heavy atom. The van der Waals surface area contributed by atoms with E-state index in [-0.39, 0.29) is 0 Å². The van der Waals surface area contributed by atoms with Crippen molar-refractivity contribution in [1.82, 2.24) is 10.3 Å². The molecule has 1 fully saturated rings. The Bertz CT molecular complexity index is 324. The van der Waals surface area contributed by atoms with Crippen molar-refractivity contribution < 1.29 is 0 Å². The summed E-state index contributed by atoms with van der Waals surface area (Å²) < 4.78 is 0. The van der Waals surface area contributed by atoms with Crippen molar-refractivity contribution in [3.8, 4) is 0 Å². The number of thiazole rings is 1. The normalized spacial score (nSPS) is 22.3. The molecule has 0 bridgehead atoms. The molecule has 1 aromatic heterocycles. The minimum absolute atomic E-state index is 0.618. The van der Waals surface area contributed by atoms with E-state index in [0.29, 0.717) is 11.8 Å². The number of nitrogens with one attached hydrogen (secondary N) is 1. The Morgan fingerprint density at radius 1 is 1.47 bits per heavy atom. The van der Waals surface area contributed by atoms with Crippen molar-refractivity contribution in [2.24, 2.45) is 0 Å². The molecular formula is C12H20N2S. The van der Waals surface area contributed by atoms with Crippen LogP contribution in [-0.4, -0.2) is 18.1 Å². The van der Waals surface area contributed by atoms with Crippen LogP contribution in [0.2, 0.25) is 0 Å². The molecule has 0 aliphatic carbocycles. The minimum Gasteiger partial charge on any atom is -0.316 e. The summed E-state index contributed by atoms with van der Waals surface area (Å²) in [4.78, 5) is 6.20. The highest BCUT2D eigenvalue weighted by Gasteiger charge is 2.20. The summed E-state index contributed by atoms with van der Waals surface area (Å²) in [5, 5.41) is 4.81. The molecule has 15 heavy (non-hydrogen) atoms. The van der Waals surface area contributed by atoms with Crippen LogP contribution < -0.4 is 5.32 Å². The van der Waals surface area contributed by atoms with Gasteiger partial charge in [0.05, 0.1) is 10.7 Å². The summed E-state index contributed by atoms with van der Waals surface area (Å²) in [7, 11) is 0. The third-order valence-electron chi connectivity index (χ3n) is 3.02. The van der Waals surface area contributed by atoms with Gasteiger partial charge >= 0.3 is 0 Å². The van der Waals surface area contributed by atoms with E-state index in [4.69, 9.17) is 4.98 Å². The maximum absolute atomic E-state index is 4.73. The van der Waals surface area contributed by atoms with Crippen LogP contribution in [0.15, 0.2) is 0 Å². The first-order valence-corrected chi connectivity index (χ1v) is 6.68.